The monoisotopic (exact) mass is 485 g/mol. The minimum Gasteiger partial charge on any atom is -0.497 e. The van der Waals surface area contributed by atoms with Crippen LogP contribution in [0.4, 0.5) is 0 Å². The number of nitrogens with one attached hydrogen (secondary N) is 1. The summed E-state index contributed by atoms with van der Waals surface area (Å²) in [5.41, 5.74) is 1.97. The van der Waals surface area contributed by atoms with Crippen LogP contribution in [-0.2, 0) is 11.3 Å². The first-order chi connectivity index (χ1) is 12.7. The van der Waals surface area contributed by atoms with Gasteiger partial charge in [0.1, 0.15) is 5.75 Å². The maximum absolute atomic E-state index is 5.27. The molecule has 3 rings (SSSR count). The van der Waals surface area contributed by atoms with Gasteiger partial charge in [0.15, 0.2) is 5.96 Å². The zero-order valence-electron chi connectivity index (χ0n) is 16.1. The number of methoxy groups -OCH3 is 2. The molecule has 1 aromatic heterocycles. The van der Waals surface area contributed by atoms with Crippen LogP contribution in [0.2, 0.25) is 0 Å². The third-order valence-corrected chi connectivity index (χ3v) is 4.61. The first-order valence-corrected chi connectivity index (χ1v) is 8.87. The second-order valence-corrected chi connectivity index (χ2v) is 6.41. The van der Waals surface area contributed by atoms with Crippen LogP contribution in [0.3, 0.4) is 0 Å². The summed E-state index contributed by atoms with van der Waals surface area (Å²) in [6.45, 7) is 3.43. The van der Waals surface area contributed by atoms with Crippen LogP contribution in [-0.4, -0.2) is 61.6 Å². The Hall–Kier alpha value is -1.81. The number of halogens is 1. The summed E-state index contributed by atoms with van der Waals surface area (Å²) in [7, 11) is 5.24. The maximum atomic E-state index is 5.27. The Kier molecular flexibility index (Phi) is 8.36. The third kappa shape index (κ3) is 5.58. The van der Waals surface area contributed by atoms with E-state index in [0.717, 1.165) is 49.2 Å². The van der Waals surface area contributed by atoms with Crippen molar-refractivity contribution in [3.8, 4) is 11.4 Å². The van der Waals surface area contributed by atoms with Crippen LogP contribution in [0.25, 0.3) is 5.69 Å². The zero-order chi connectivity index (χ0) is 18.4. The molecule has 1 atom stereocenters. The molecule has 0 aliphatic carbocycles. The molecule has 148 valence electrons. The fourth-order valence-corrected chi connectivity index (χ4v) is 3.23. The molecule has 1 aliphatic rings. The number of hydrogen-bond acceptors (Lipinski definition) is 4. The number of benzene rings is 1. The van der Waals surface area contributed by atoms with Crippen LogP contribution in [0.5, 0.6) is 5.75 Å². The van der Waals surface area contributed by atoms with Gasteiger partial charge in [-0.15, -0.1) is 24.0 Å². The van der Waals surface area contributed by atoms with E-state index in [1.807, 2.05) is 48.3 Å². The number of hydrogen-bond donors (Lipinski definition) is 1. The highest BCUT2D eigenvalue weighted by Gasteiger charge is 2.24. The lowest BCUT2D eigenvalue weighted by molar-refractivity contribution is 0.157. The van der Waals surface area contributed by atoms with Crippen molar-refractivity contribution in [1.82, 2.24) is 20.0 Å². The second kappa shape index (κ2) is 10.5. The van der Waals surface area contributed by atoms with Crippen LogP contribution < -0.4 is 10.1 Å². The smallest absolute Gasteiger partial charge is 0.193 e. The molecular weight excluding hydrogens is 457 g/mol. The quantitative estimate of drug-likeness (QED) is 0.387. The highest BCUT2D eigenvalue weighted by molar-refractivity contribution is 14.0. The summed E-state index contributed by atoms with van der Waals surface area (Å²) >= 11 is 0. The lowest BCUT2D eigenvalue weighted by Crippen LogP contribution is -2.39. The molecule has 7 nitrogen and oxygen atoms in total. The van der Waals surface area contributed by atoms with Gasteiger partial charge in [-0.25, -0.2) is 4.68 Å². The van der Waals surface area contributed by atoms with Crippen molar-refractivity contribution in [2.45, 2.75) is 13.0 Å². The van der Waals surface area contributed by atoms with Crippen molar-refractivity contribution < 1.29 is 9.47 Å². The van der Waals surface area contributed by atoms with Crippen LogP contribution >= 0.6 is 24.0 Å². The predicted molar refractivity (Wildman–Crippen MR) is 117 cm³/mol. The molecule has 0 saturated carbocycles. The highest BCUT2D eigenvalue weighted by Crippen LogP contribution is 2.17. The minimum absolute atomic E-state index is 0. The van der Waals surface area contributed by atoms with E-state index < -0.39 is 0 Å². The van der Waals surface area contributed by atoms with Gasteiger partial charge in [0.2, 0.25) is 0 Å². The molecule has 0 bridgehead atoms. The van der Waals surface area contributed by atoms with Gasteiger partial charge >= 0.3 is 0 Å². The SMILES string of the molecule is CN=C(NCc1ccn(-c2ccc(OC)cc2)n1)N1CCC(COC)C1.I. The van der Waals surface area contributed by atoms with Gasteiger partial charge in [-0.05, 0) is 36.8 Å². The molecule has 1 unspecified atom stereocenters. The number of ether oxygens (including phenoxy) is 2. The van der Waals surface area contributed by atoms with Gasteiger partial charge in [-0.2, -0.15) is 5.10 Å². The average molecular weight is 485 g/mol. The number of rotatable bonds is 6. The zero-order valence-corrected chi connectivity index (χ0v) is 18.4. The van der Waals surface area contributed by atoms with E-state index in [2.05, 4.69) is 20.3 Å². The molecule has 1 aromatic carbocycles. The molecular formula is C19H28IN5O2. The lowest BCUT2D eigenvalue weighted by Gasteiger charge is -2.21. The van der Waals surface area contributed by atoms with Crippen LogP contribution in [0, 0.1) is 5.92 Å². The number of nitrogens with zero attached hydrogens (tertiary/aromatic N) is 4. The Labute approximate surface area is 177 Å². The Bertz CT molecular complexity index is 732. The second-order valence-electron chi connectivity index (χ2n) is 6.41. The summed E-state index contributed by atoms with van der Waals surface area (Å²) in [6.07, 6.45) is 3.10. The number of aliphatic imine (C=N–C) groups is 1. The van der Waals surface area contributed by atoms with Crippen molar-refractivity contribution >= 4 is 29.9 Å². The van der Waals surface area contributed by atoms with Gasteiger partial charge in [0, 0.05) is 39.4 Å². The summed E-state index contributed by atoms with van der Waals surface area (Å²) in [5, 5.41) is 8.05. The fraction of sp³-hybridized carbons (Fsp3) is 0.474. The van der Waals surface area contributed by atoms with Crippen molar-refractivity contribution in [3.05, 3.63) is 42.2 Å². The molecule has 0 radical (unpaired) electrons. The molecule has 1 saturated heterocycles. The summed E-state index contributed by atoms with van der Waals surface area (Å²) in [4.78, 5) is 6.69. The van der Waals surface area contributed by atoms with Gasteiger partial charge in [-0.3, -0.25) is 4.99 Å². The average Bonchev–Trinajstić information content (AvgIpc) is 3.33. The van der Waals surface area contributed by atoms with Crippen LogP contribution in [0.15, 0.2) is 41.5 Å². The lowest BCUT2D eigenvalue weighted by atomic mass is 10.1. The molecule has 1 aliphatic heterocycles. The Balaban J connectivity index is 0.00000261. The van der Waals surface area contributed by atoms with E-state index in [0.29, 0.717) is 12.5 Å². The molecule has 8 heteroatoms. The van der Waals surface area contributed by atoms with Gasteiger partial charge in [-0.1, -0.05) is 0 Å². The van der Waals surface area contributed by atoms with E-state index in [4.69, 9.17) is 9.47 Å². The molecule has 2 aromatic rings. The standard InChI is InChI=1S/C19H27N5O2.HI/c1-20-19(23-10-8-15(13-23)14-25-2)21-12-16-9-11-24(22-16)17-4-6-18(26-3)7-5-17;/h4-7,9,11,15H,8,10,12-14H2,1-3H3,(H,20,21);1H. The molecule has 0 amide bonds. The number of aromatic nitrogens is 2. The van der Waals surface area contributed by atoms with Crippen LogP contribution in [0.1, 0.15) is 12.1 Å². The Morgan fingerprint density at radius 1 is 1.26 bits per heavy atom. The Morgan fingerprint density at radius 2 is 2.04 bits per heavy atom. The first-order valence-electron chi connectivity index (χ1n) is 8.87. The van der Waals surface area contributed by atoms with Crippen molar-refractivity contribution in [3.63, 3.8) is 0 Å². The highest BCUT2D eigenvalue weighted by atomic mass is 127. The normalized spacial score (nSPS) is 16.9. The van der Waals surface area contributed by atoms with E-state index in [-0.39, 0.29) is 24.0 Å². The van der Waals surface area contributed by atoms with E-state index >= 15 is 0 Å². The summed E-state index contributed by atoms with van der Waals surface area (Å²) in [6, 6.07) is 9.85. The summed E-state index contributed by atoms with van der Waals surface area (Å²) < 4.78 is 12.3. The maximum Gasteiger partial charge on any atom is 0.193 e. The van der Waals surface area contributed by atoms with E-state index in [1.54, 1.807) is 14.2 Å². The van der Waals surface area contributed by atoms with Gasteiger partial charge in [0.25, 0.3) is 0 Å². The number of likely N-dealkylation sites (tertiary alicyclic amines) is 1. The largest absolute Gasteiger partial charge is 0.497 e. The van der Waals surface area contributed by atoms with Crippen molar-refractivity contribution in [2.75, 3.05) is 41.0 Å². The van der Waals surface area contributed by atoms with Gasteiger partial charge < -0.3 is 19.7 Å². The topological polar surface area (TPSA) is 63.9 Å². The molecule has 2 heterocycles. The van der Waals surface area contributed by atoms with E-state index in [9.17, 15) is 0 Å². The van der Waals surface area contributed by atoms with Gasteiger partial charge in [0.05, 0.1) is 31.6 Å². The fourth-order valence-electron chi connectivity index (χ4n) is 3.23. The first kappa shape index (κ1) is 21.5. The van der Waals surface area contributed by atoms with E-state index in [1.165, 1.54) is 0 Å². The Morgan fingerprint density at radius 3 is 2.70 bits per heavy atom. The van der Waals surface area contributed by atoms with Crippen molar-refractivity contribution in [1.29, 1.82) is 0 Å². The predicted octanol–water partition coefficient (Wildman–Crippen LogP) is 2.54. The van der Waals surface area contributed by atoms with Crippen molar-refractivity contribution in [2.24, 2.45) is 10.9 Å². The summed E-state index contributed by atoms with van der Waals surface area (Å²) in [5.74, 6) is 2.33. The molecule has 27 heavy (non-hydrogen) atoms. The molecule has 0 spiro atoms. The molecule has 1 fully saturated rings. The minimum atomic E-state index is 0. The third-order valence-electron chi connectivity index (χ3n) is 4.61. The number of guanidine groups is 1. The molecule has 1 N–H and O–H groups in total.